The van der Waals surface area contributed by atoms with Gasteiger partial charge in [-0.2, -0.15) is 8.78 Å². The van der Waals surface area contributed by atoms with Crippen molar-refractivity contribution in [3.05, 3.63) is 18.2 Å². The van der Waals surface area contributed by atoms with Crippen molar-refractivity contribution in [1.29, 1.82) is 0 Å². The van der Waals surface area contributed by atoms with E-state index in [1.807, 2.05) is 15.9 Å². The van der Waals surface area contributed by atoms with E-state index in [0.717, 1.165) is 12.4 Å². The third-order valence-corrected chi connectivity index (χ3v) is 2.54. The Hall–Kier alpha value is -0.860. The molecule has 0 amide bonds. The lowest BCUT2D eigenvalue weighted by Gasteiger charge is -2.28. The Kier molecular flexibility index (Phi) is 5.17. The van der Waals surface area contributed by atoms with Gasteiger partial charge in [0.15, 0.2) is 12.0 Å². The smallest absolute Gasteiger partial charge is 0.421 e. The van der Waals surface area contributed by atoms with Crippen molar-refractivity contribution in [2.45, 2.75) is 37.5 Å². The van der Waals surface area contributed by atoms with Crippen LogP contribution in [0.1, 0.15) is 26.6 Å². The van der Waals surface area contributed by atoms with Crippen LogP contribution in [0.2, 0.25) is 0 Å². The van der Waals surface area contributed by atoms with Crippen molar-refractivity contribution >= 4 is 15.9 Å². The number of aliphatic hydroxyl groups is 1. The number of halogens is 3. The Bertz CT molecular complexity index is 409. The van der Waals surface area contributed by atoms with E-state index in [-0.39, 0.29) is 11.6 Å². The Morgan fingerprint density at radius 1 is 1.37 bits per heavy atom. The number of hydrogen-bond donors (Lipinski definition) is 1. The number of alkyl halides is 3. The Morgan fingerprint density at radius 2 is 1.89 bits per heavy atom. The minimum Gasteiger partial charge on any atom is -0.421 e. The molecule has 108 valence electrons. The third-order valence-electron chi connectivity index (χ3n) is 2.38. The van der Waals surface area contributed by atoms with Gasteiger partial charge < -0.3 is 14.6 Å². The summed E-state index contributed by atoms with van der Waals surface area (Å²) in [5, 5.41) is 6.35. The second kappa shape index (κ2) is 6.06. The van der Waals surface area contributed by atoms with Crippen LogP contribution in [0.25, 0.3) is 0 Å². The number of rotatable bonds is 6. The van der Waals surface area contributed by atoms with Gasteiger partial charge in [-0.05, 0) is 20.8 Å². The average Bonchev–Trinajstić information content (AvgIpc) is 2.27. The summed E-state index contributed by atoms with van der Waals surface area (Å²) in [6.45, 7) is 5.45. The minimum atomic E-state index is -3.47. The van der Waals surface area contributed by atoms with Gasteiger partial charge in [-0.25, -0.2) is 9.97 Å². The van der Waals surface area contributed by atoms with Gasteiger partial charge in [0, 0.05) is 22.5 Å². The summed E-state index contributed by atoms with van der Waals surface area (Å²) in [5.74, 6) is 0.0750. The van der Waals surface area contributed by atoms with E-state index in [1.54, 1.807) is 20.8 Å². The van der Waals surface area contributed by atoms with Crippen LogP contribution in [0.5, 0.6) is 5.75 Å². The molecule has 0 fully saturated rings. The molecule has 0 bridgehead atoms. The fourth-order valence-corrected chi connectivity index (χ4v) is 1.50. The largest absolute Gasteiger partial charge is 0.459 e. The van der Waals surface area contributed by atoms with Gasteiger partial charge in [0.05, 0.1) is 17.8 Å². The van der Waals surface area contributed by atoms with Crippen molar-refractivity contribution in [3.63, 3.8) is 0 Å². The summed E-state index contributed by atoms with van der Waals surface area (Å²) in [7, 11) is 0. The van der Waals surface area contributed by atoms with Crippen LogP contribution >= 0.6 is 15.9 Å². The molecule has 5 nitrogen and oxygen atoms in total. The van der Waals surface area contributed by atoms with E-state index in [4.69, 9.17) is 4.74 Å². The molecule has 0 saturated heterocycles. The SMILES string of the molecule is CCOC(O)C(C)(C)c1ncc(OC(F)(F)Br)cn1. The highest BCUT2D eigenvalue weighted by Gasteiger charge is 2.34. The predicted molar refractivity (Wildman–Crippen MR) is 67.2 cm³/mol. The minimum absolute atomic E-state index is 0.188. The number of ether oxygens (including phenoxy) is 2. The normalized spacial score (nSPS) is 14.3. The zero-order chi connectivity index (χ0) is 14.7. The molecule has 1 unspecified atom stereocenters. The van der Waals surface area contributed by atoms with Crippen molar-refractivity contribution in [2.75, 3.05) is 6.61 Å². The van der Waals surface area contributed by atoms with Gasteiger partial charge >= 0.3 is 5.02 Å². The van der Waals surface area contributed by atoms with Gasteiger partial charge in [0.2, 0.25) is 0 Å². The molecule has 0 spiro atoms. The maximum Gasteiger partial charge on any atom is 0.459 e. The molecular formula is C11H15BrF2N2O3. The van der Waals surface area contributed by atoms with Gasteiger partial charge in [0.25, 0.3) is 0 Å². The lowest BCUT2D eigenvalue weighted by Crippen LogP contribution is -2.37. The van der Waals surface area contributed by atoms with E-state index in [2.05, 4.69) is 14.7 Å². The first-order valence-corrected chi connectivity index (χ1v) is 6.34. The monoisotopic (exact) mass is 340 g/mol. The highest BCUT2D eigenvalue weighted by molar-refractivity contribution is 9.09. The highest BCUT2D eigenvalue weighted by Crippen LogP contribution is 2.28. The molecule has 1 rings (SSSR count). The second-order valence-electron chi connectivity index (χ2n) is 4.32. The molecule has 0 saturated carbocycles. The molecule has 1 N–H and O–H groups in total. The molecule has 19 heavy (non-hydrogen) atoms. The van der Waals surface area contributed by atoms with Crippen molar-refractivity contribution in [2.24, 2.45) is 0 Å². The predicted octanol–water partition coefficient (Wildman–Crippen LogP) is 2.43. The van der Waals surface area contributed by atoms with Crippen molar-refractivity contribution in [1.82, 2.24) is 9.97 Å². The molecule has 8 heteroatoms. The van der Waals surface area contributed by atoms with Gasteiger partial charge in [0.1, 0.15) is 5.82 Å². The third kappa shape index (κ3) is 4.63. The van der Waals surface area contributed by atoms with E-state index in [1.165, 1.54) is 0 Å². The number of hydrogen-bond acceptors (Lipinski definition) is 5. The number of nitrogens with zero attached hydrogens (tertiary/aromatic N) is 2. The number of aliphatic hydroxyl groups excluding tert-OH is 1. The summed E-state index contributed by atoms with van der Waals surface area (Å²) in [5.41, 5.74) is -0.870. The van der Waals surface area contributed by atoms with Crippen molar-refractivity contribution < 1.29 is 23.4 Å². The van der Waals surface area contributed by atoms with E-state index < -0.39 is 16.7 Å². The standard InChI is InChI=1S/C11H15BrF2N2O3/c1-4-18-9(17)10(2,3)8-15-5-7(6-16-8)19-11(12,13)14/h5-6,9,17H,4H2,1-3H3. The van der Waals surface area contributed by atoms with Gasteiger partial charge in [-0.1, -0.05) is 0 Å². The van der Waals surface area contributed by atoms with Crippen LogP contribution in [-0.2, 0) is 10.2 Å². The van der Waals surface area contributed by atoms with Crippen LogP contribution in [0.3, 0.4) is 0 Å². The van der Waals surface area contributed by atoms with Crippen LogP contribution in [0, 0.1) is 0 Å². The molecule has 0 radical (unpaired) electrons. The van der Waals surface area contributed by atoms with Crippen LogP contribution in [0.15, 0.2) is 12.4 Å². The molecule has 0 aliphatic rings. The molecular weight excluding hydrogens is 326 g/mol. The first-order chi connectivity index (χ1) is 8.66. The van der Waals surface area contributed by atoms with Crippen molar-refractivity contribution in [3.8, 4) is 5.75 Å². The molecule has 1 aromatic rings. The van der Waals surface area contributed by atoms with E-state index >= 15 is 0 Å². The lowest BCUT2D eigenvalue weighted by molar-refractivity contribution is -0.137. The fourth-order valence-electron chi connectivity index (χ4n) is 1.31. The molecule has 0 aromatic carbocycles. The maximum absolute atomic E-state index is 12.6. The second-order valence-corrected chi connectivity index (χ2v) is 5.24. The summed E-state index contributed by atoms with van der Waals surface area (Å²) in [4.78, 5) is 7.82. The lowest BCUT2D eigenvalue weighted by atomic mass is 9.91. The Labute approximate surface area is 118 Å². The molecule has 1 atom stereocenters. The van der Waals surface area contributed by atoms with Gasteiger partial charge in [-0.3, -0.25) is 0 Å². The average molecular weight is 341 g/mol. The van der Waals surface area contributed by atoms with Crippen LogP contribution < -0.4 is 4.74 Å². The summed E-state index contributed by atoms with van der Waals surface area (Å²) < 4.78 is 34.4. The Balaban J connectivity index is 2.86. The first kappa shape index (κ1) is 16.2. The zero-order valence-corrected chi connectivity index (χ0v) is 12.3. The number of aromatic nitrogens is 2. The maximum atomic E-state index is 12.6. The van der Waals surface area contributed by atoms with Crippen LogP contribution in [-0.4, -0.2) is 33.0 Å². The fraction of sp³-hybridized carbons (Fsp3) is 0.636. The zero-order valence-electron chi connectivity index (χ0n) is 10.7. The molecule has 1 aromatic heterocycles. The summed E-state index contributed by atoms with van der Waals surface area (Å²) in [6, 6.07) is 0. The quantitative estimate of drug-likeness (QED) is 0.636. The topological polar surface area (TPSA) is 64.5 Å². The van der Waals surface area contributed by atoms with Crippen LogP contribution in [0.4, 0.5) is 8.78 Å². The first-order valence-electron chi connectivity index (χ1n) is 5.54. The van der Waals surface area contributed by atoms with E-state index in [9.17, 15) is 13.9 Å². The van der Waals surface area contributed by atoms with Gasteiger partial charge in [-0.15, -0.1) is 0 Å². The Morgan fingerprint density at radius 3 is 2.32 bits per heavy atom. The van der Waals surface area contributed by atoms with E-state index in [0.29, 0.717) is 6.61 Å². The summed E-state index contributed by atoms with van der Waals surface area (Å²) in [6.07, 6.45) is 1.12. The molecule has 0 aliphatic carbocycles. The highest BCUT2D eigenvalue weighted by atomic mass is 79.9. The molecule has 1 heterocycles. The molecule has 0 aliphatic heterocycles. The summed E-state index contributed by atoms with van der Waals surface area (Å²) >= 11 is 2.05.